The molecule has 0 aliphatic heterocycles. The molecule has 0 amide bonds. The molecule has 0 radical (unpaired) electrons. The molecule has 140 valence electrons. The molecule has 0 aliphatic rings. The molecule has 0 saturated carbocycles. The molecule has 1 N–H and O–H groups in total. The first-order valence-corrected chi connectivity index (χ1v) is 7.59. The van der Waals surface area contributed by atoms with Gasteiger partial charge in [0, 0.05) is 35.4 Å². The highest BCUT2D eigenvalue weighted by atomic mass is 19.1. The van der Waals surface area contributed by atoms with Gasteiger partial charge in [0.2, 0.25) is 0 Å². The van der Waals surface area contributed by atoms with E-state index in [4.69, 9.17) is 9.84 Å². The first kappa shape index (κ1) is 21.3. The lowest BCUT2D eigenvalue weighted by Gasteiger charge is -2.21. The van der Waals surface area contributed by atoms with Gasteiger partial charge in [-0.05, 0) is 20.8 Å². The minimum atomic E-state index is -0.808. The van der Waals surface area contributed by atoms with Crippen LogP contribution in [0.25, 0.3) is 12.2 Å². The van der Waals surface area contributed by atoms with Crippen molar-refractivity contribution in [1.29, 1.82) is 0 Å². The van der Waals surface area contributed by atoms with Crippen LogP contribution in [0, 0.1) is 23.3 Å². The Balaban J connectivity index is 0.000000273. The minimum absolute atomic E-state index is 0.128. The van der Waals surface area contributed by atoms with E-state index in [0.717, 1.165) is 36.4 Å². The van der Waals surface area contributed by atoms with E-state index in [2.05, 4.69) is 13.2 Å². The van der Waals surface area contributed by atoms with E-state index in [1.807, 2.05) is 20.8 Å². The first-order chi connectivity index (χ1) is 12.0. The van der Waals surface area contributed by atoms with Crippen LogP contribution in [0.5, 0.6) is 11.5 Å². The molecule has 0 bridgehead atoms. The maximum atomic E-state index is 13.3. The lowest BCUT2D eigenvalue weighted by Crippen LogP contribution is -2.23. The molecule has 2 aromatic carbocycles. The molecule has 2 nitrogen and oxygen atoms in total. The van der Waals surface area contributed by atoms with Crippen molar-refractivity contribution in [1.82, 2.24) is 0 Å². The van der Waals surface area contributed by atoms with E-state index in [1.54, 1.807) is 0 Å². The highest BCUT2D eigenvalue weighted by molar-refractivity contribution is 5.51. The number of phenolic OH excluding ortho intramolecular Hbond substituents is 1. The number of halogens is 4. The van der Waals surface area contributed by atoms with Gasteiger partial charge < -0.3 is 9.84 Å². The summed E-state index contributed by atoms with van der Waals surface area (Å²) in [6, 6.07) is 3.98. The number of aromatic hydroxyl groups is 1. The van der Waals surface area contributed by atoms with Gasteiger partial charge >= 0.3 is 0 Å². The second-order valence-corrected chi connectivity index (χ2v) is 6.25. The molecular formula is C20H20F4O2. The summed E-state index contributed by atoms with van der Waals surface area (Å²) in [4.78, 5) is 0. The second-order valence-electron chi connectivity index (χ2n) is 6.25. The fraction of sp³-hybridized carbons (Fsp3) is 0.200. The molecule has 6 heteroatoms. The van der Waals surface area contributed by atoms with Crippen molar-refractivity contribution in [2.75, 3.05) is 0 Å². The Morgan fingerprint density at radius 3 is 1.46 bits per heavy atom. The van der Waals surface area contributed by atoms with Gasteiger partial charge in [0.25, 0.3) is 0 Å². The van der Waals surface area contributed by atoms with Crippen LogP contribution in [0.3, 0.4) is 0 Å². The number of phenols is 1. The maximum absolute atomic E-state index is 13.3. The summed E-state index contributed by atoms with van der Waals surface area (Å²) in [6.45, 7) is 12.0. The first-order valence-electron chi connectivity index (χ1n) is 7.59. The molecule has 0 saturated heterocycles. The van der Waals surface area contributed by atoms with Gasteiger partial charge in [-0.2, -0.15) is 0 Å². The number of benzene rings is 2. The van der Waals surface area contributed by atoms with Crippen molar-refractivity contribution in [3.8, 4) is 11.5 Å². The van der Waals surface area contributed by atoms with Gasteiger partial charge in [-0.3, -0.25) is 0 Å². The monoisotopic (exact) mass is 368 g/mol. The Kier molecular flexibility index (Phi) is 7.01. The van der Waals surface area contributed by atoms with Crippen molar-refractivity contribution in [3.05, 3.63) is 71.8 Å². The molecule has 0 heterocycles. The van der Waals surface area contributed by atoms with Gasteiger partial charge in [0.15, 0.2) is 0 Å². The van der Waals surface area contributed by atoms with Gasteiger partial charge in [0.1, 0.15) is 40.4 Å². The van der Waals surface area contributed by atoms with Crippen LogP contribution < -0.4 is 4.74 Å². The minimum Gasteiger partial charge on any atom is -0.508 e. The van der Waals surface area contributed by atoms with Crippen LogP contribution in [-0.4, -0.2) is 10.7 Å². The molecule has 0 unspecified atom stereocenters. The molecule has 2 aromatic rings. The predicted octanol–water partition coefficient (Wildman–Crippen LogP) is 6.10. The molecule has 0 fully saturated rings. The van der Waals surface area contributed by atoms with Crippen molar-refractivity contribution in [2.24, 2.45) is 0 Å². The summed E-state index contributed by atoms with van der Waals surface area (Å²) in [6.07, 6.45) is 2.20. The molecular weight excluding hydrogens is 348 g/mol. The third-order valence-electron chi connectivity index (χ3n) is 2.95. The highest BCUT2D eigenvalue weighted by Crippen LogP contribution is 2.24. The van der Waals surface area contributed by atoms with Crippen molar-refractivity contribution >= 4 is 12.2 Å². The zero-order chi connectivity index (χ0) is 20.1. The molecule has 26 heavy (non-hydrogen) atoms. The number of hydrogen-bond acceptors (Lipinski definition) is 2. The van der Waals surface area contributed by atoms with Crippen LogP contribution in [0.1, 0.15) is 31.9 Å². The zero-order valence-corrected chi connectivity index (χ0v) is 14.7. The number of ether oxygens (including phenoxy) is 1. The van der Waals surface area contributed by atoms with E-state index in [1.165, 1.54) is 0 Å². The van der Waals surface area contributed by atoms with Gasteiger partial charge in [-0.1, -0.05) is 25.3 Å². The fourth-order valence-electron chi connectivity index (χ4n) is 1.93. The van der Waals surface area contributed by atoms with Crippen LogP contribution >= 0.6 is 0 Å². The Morgan fingerprint density at radius 1 is 0.808 bits per heavy atom. The summed E-state index contributed by atoms with van der Waals surface area (Å²) in [7, 11) is 0. The lowest BCUT2D eigenvalue weighted by molar-refractivity contribution is 0.130. The number of rotatable bonds is 3. The summed E-state index contributed by atoms with van der Waals surface area (Å²) >= 11 is 0. The summed E-state index contributed by atoms with van der Waals surface area (Å²) in [5, 5.41) is 8.70. The Morgan fingerprint density at radius 2 is 1.15 bits per heavy atom. The van der Waals surface area contributed by atoms with Crippen molar-refractivity contribution in [3.63, 3.8) is 0 Å². The van der Waals surface area contributed by atoms with E-state index < -0.39 is 34.6 Å². The SMILES string of the molecule is C=Cc1c(F)cc(O)cc1F.C=Cc1c(F)cc(OC(C)(C)C)cc1F. The normalized spacial score (nSPS) is 10.6. The Bertz CT molecular complexity index is 762. The third kappa shape index (κ3) is 5.95. The van der Waals surface area contributed by atoms with Crippen molar-refractivity contribution in [2.45, 2.75) is 26.4 Å². The van der Waals surface area contributed by atoms with Crippen molar-refractivity contribution < 1.29 is 27.4 Å². The van der Waals surface area contributed by atoms with Gasteiger partial charge in [0.05, 0.1) is 0 Å². The quantitative estimate of drug-likeness (QED) is 0.664. The fourth-order valence-corrected chi connectivity index (χ4v) is 1.93. The maximum Gasteiger partial charge on any atom is 0.137 e. The lowest BCUT2D eigenvalue weighted by atomic mass is 10.1. The van der Waals surface area contributed by atoms with Gasteiger partial charge in [-0.15, -0.1) is 0 Å². The molecule has 2 rings (SSSR count). The Labute approximate surface area is 150 Å². The molecule has 0 spiro atoms. The smallest absolute Gasteiger partial charge is 0.137 e. The largest absolute Gasteiger partial charge is 0.508 e. The summed E-state index contributed by atoms with van der Waals surface area (Å²) < 4.78 is 57.2. The van der Waals surface area contributed by atoms with E-state index >= 15 is 0 Å². The van der Waals surface area contributed by atoms with Crippen LogP contribution in [-0.2, 0) is 0 Å². The van der Waals surface area contributed by atoms with Gasteiger partial charge in [-0.25, -0.2) is 17.6 Å². The van der Waals surface area contributed by atoms with Crippen LogP contribution in [0.15, 0.2) is 37.4 Å². The average molecular weight is 368 g/mol. The standard InChI is InChI=1S/C12H14F2O.C8H6F2O/c1-5-9-10(13)6-8(7-11(9)14)15-12(2,3)4;1-2-6-7(9)3-5(11)4-8(6)10/h5-7H,1H2,2-4H3;2-4,11H,1H2. The average Bonchev–Trinajstić information content (AvgIpc) is 2.45. The highest BCUT2D eigenvalue weighted by Gasteiger charge is 2.15. The molecule has 0 atom stereocenters. The predicted molar refractivity (Wildman–Crippen MR) is 94.9 cm³/mol. The third-order valence-corrected chi connectivity index (χ3v) is 2.95. The topological polar surface area (TPSA) is 29.5 Å². The Hall–Kier alpha value is -2.76. The second kappa shape index (κ2) is 8.56. The van der Waals surface area contributed by atoms with Crippen LogP contribution in [0.2, 0.25) is 0 Å². The van der Waals surface area contributed by atoms with Crippen LogP contribution in [0.4, 0.5) is 17.6 Å². The molecule has 0 aromatic heterocycles. The molecule has 0 aliphatic carbocycles. The van der Waals surface area contributed by atoms with E-state index in [0.29, 0.717) is 0 Å². The summed E-state index contributed by atoms with van der Waals surface area (Å²) in [5.41, 5.74) is -0.826. The zero-order valence-electron chi connectivity index (χ0n) is 14.7. The number of hydrogen-bond donors (Lipinski definition) is 1. The summed E-state index contributed by atoms with van der Waals surface area (Å²) in [5.74, 6) is -3.18. The van der Waals surface area contributed by atoms with E-state index in [9.17, 15) is 17.6 Å². The van der Waals surface area contributed by atoms with E-state index in [-0.39, 0.29) is 16.9 Å².